The summed E-state index contributed by atoms with van der Waals surface area (Å²) in [6.45, 7) is 1.97. The Labute approximate surface area is 128 Å². The van der Waals surface area contributed by atoms with E-state index in [4.69, 9.17) is 17.3 Å². The van der Waals surface area contributed by atoms with Crippen LogP contribution in [0.25, 0.3) is 0 Å². The first-order valence-electron chi connectivity index (χ1n) is 6.43. The Balaban J connectivity index is 2.02. The van der Waals surface area contributed by atoms with Crippen molar-refractivity contribution in [3.05, 3.63) is 40.9 Å². The van der Waals surface area contributed by atoms with Crippen molar-refractivity contribution >= 4 is 27.3 Å². The largest absolute Gasteiger partial charge is 0.398 e. The van der Waals surface area contributed by atoms with Crippen LogP contribution in [-0.4, -0.2) is 24.9 Å². The van der Waals surface area contributed by atoms with Gasteiger partial charge >= 0.3 is 0 Å². The zero-order chi connectivity index (χ0) is 15.5. The van der Waals surface area contributed by atoms with Gasteiger partial charge in [0.2, 0.25) is 10.0 Å². The molecule has 1 heterocycles. The van der Waals surface area contributed by atoms with Crippen molar-refractivity contribution in [1.29, 1.82) is 0 Å². The molecule has 0 aliphatic heterocycles. The van der Waals surface area contributed by atoms with Crippen molar-refractivity contribution < 1.29 is 8.42 Å². The van der Waals surface area contributed by atoms with Crippen LogP contribution in [0.4, 0.5) is 5.69 Å². The van der Waals surface area contributed by atoms with E-state index in [0.29, 0.717) is 35.7 Å². The van der Waals surface area contributed by atoms with Gasteiger partial charge in [0.05, 0.1) is 4.90 Å². The maximum absolute atomic E-state index is 12.3. The molecule has 4 N–H and O–H groups in total. The van der Waals surface area contributed by atoms with Gasteiger partial charge in [0.15, 0.2) is 0 Å². The molecule has 2 rings (SSSR count). The minimum absolute atomic E-state index is 0.116. The molecule has 0 spiro atoms. The third-order valence-corrected chi connectivity index (χ3v) is 4.90. The van der Waals surface area contributed by atoms with E-state index < -0.39 is 10.0 Å². The van der Waals surface area contributed by atoms with E-state index in [1.54, 1.807) is 19.3 Å². The van der Waals surface area contributed by atoms with Gasteiger partial charge in [-0.1, -0.05) is 11.6 Å². The number of sulfonamides is 1. The molecule has 0 fully saturated rings. The van der Waals surface area contributed by atoms with Crippen molar-refractivity contribution in [2.75, 3.05) is 12.3 Å². The molecule has 1 aromatic carbocycles. The number of nitrogens with zero attached hydrogens (tertiary/aromatic N) is 1. The topological polar surface area (TPSA) is 101 Å². The van der Waals surface area contributed by atoms with Crippen molar-refractivity contribution in [3.8, 4) is 0 Å². The summed E-state index contributed by atoms with van der Waals surface area (Å²) in [5.41, 5.74) is 6.61. The Bertz CT molecular complexity index is 714. The minimum atomic E-state index is -3.62. The fraction of sp³-hybridized carbons (Fsp3) is 0.308. The lowest BCUT2D eigenvalue weighted by atomic mass is 10.2. The first kappa shape index (κ1) is 15.8. The van der Waals surface area contributed by atoms with Gasteiger partial charge in [0.25, 0.3) is 0 Å². The lowest BCUT2D eigenvalue weighted by molar-refractivity contribution is 0.578. The molecular formula is C13H17ClN4O2S. The number of nitrogen functional groups attached to an aromatic ring is 1. The maximum Gasteiger partial charge on any atom is 0.240 e. The zero-order valence-electron chi connectivity index (χ0n) is 11.6. The molecule has 0 saturated heterocycles. The Hall–Kier alpha value is -1.57. The van der Waals surface area contributed by atoms with Crippen LogP contribution in [0.2, 0.25) is 5.02 Å². The van der Waals surface area contributed by atoms with Crippen LogP contribution in [0.3, 0.4) is 0 Å². The third kappa shape index (κ3) is 3.96. The maximum atomic E-state index is 12.3. The van der Waals surface area contributed by atoms with Crippen molar-refractivity contribution in [2.24, 2.45) is 0 Å². The Kier molecular flexibility index (Phi) is 4.87. The number of anilines is 1. The number of nitrogens with two attached hydrogens (primary N) is 1. The Morgan fingerprint density at radius 3 is 2.86 bits per heavy atom. The van der Waals surface area contributed by atoms with Crippen LogP contribution in [0, 0.1) is 6.92 Å². The molecule has 0 saturated carbocycles. The lowest BCUT2D eigenvalue weighted by Gasteiger charge is -2.11. The van der Waals surface area contributed by atoms with Crippen LogP contribution in [0.5, 0.6) is 0 Å². The number of aromatic nitrogens is 2. The molecule has 21 heavy (non-hydrogen) atoms. The second kappa shape index (κ2) is 6.46. The molecule has 8 heteroatoms. The van der Waals surface area contributed by atoms with Gasteiger partial charge in [-0.25, -0.2) is 18.1 Å². The second-order valence-electron chi connectivity index (χ2n) is 4.66. The van der Waals surface area contributed by atoms with Gasteiger partial charge in [-0.2, -0.15) is 0 Å². The third-order valence-electron chi connectivity index (χ3n) is 3.09. The number of aromatic amines is 1. The summed E-state index contributed by atoms with van der Waals surface area (Å²) in [6.07, 6.45) is 4.71. The summed E-state index contributed by atoms with van der Waals surface area (Å²) in [6, 6.07) is 2.94. The van der Waals surface area contributed by atoms with Gasteiger partial charge in [-0.3, -0.25) is 0 Å². The normalized spacial score (nSPS) is 11.7. The van der Waals surface area contributed by atoms with Gasteiger partial charge in [0.1, 0.15) is 5.82 Å². The van der Waals surface area contributed by atoms with Crippen LogP contribution in [-0.2, 0) is 16.4 Å². The van der Waals surface area contributed by atoms with Crippen LogP contribution >= 0.6 is 11.6 Å². The predicted molar refractivity (Wildman–Crippen MR) is 82.7 cm³/mol. The van der Waals surface area contributed by atoms with Gasteiger partial charge in [-0.15, -0.1) is 0 Å². The standard InChI is InChI=1S/C13H17ClN4O2S/c1-9-11(15)7-10(14)8-12(9)21(19,20)18-4-2-3-13-16-5-6-17-13/h5-8,18H,2-4,15H2,1H3,(H,16,17). The highest BCUT2D eigenvalue weighted by atomic mass is 35.5. The van der Waals surface area contributed by atoms with E-state index in [-0.39, 0.29) is 4.90 Å². The van der Waals surface area contributed by atoms with Crippen molar-refractivity contribution in [1.82, 2.24) is 14.7 Å². The fourth-order valence-corrected chi connectivity index (χ4v) is 3.59. The summed E-state index contributed by atoms with van der Waals surface area (Å²) in [5.74, 6) is 0.831. The predicted octanol–water partition coefficient (Wildman–Crippen LogP) is 1.86. The number of nitrogens with one attached hydrogen (secondary N) is 2. The van der Waals surface area contributed by atoms with Gasteiger partial charge in [-0.05, 0) is 31.0 Å². The highest BCUT2D eigenvalue weighted by molar-refractivity contribution is 7.89. The van der Waals surface area contributed by atoms with Crippen LogP contribution in [0.1, 0.15) is 17.8 Å². The highest BCUT2D eigenvalue weighted by Gasteiger charge is 2.18. The van der Waals surface area contributed by atoms with Crippen molar-refractivity contribution in [3.63, 3.8) is 0 Å². The number of halogens is 1. The van der Waals surface area contributed by atoms with Gasteiger partial charge < -0.3 is 10.7 Å². The molecule has 6 nitrogen and oxygen atoms in total. The second-order valence-corrected chi connectivity index (χ2v) is 6.83. The first-order valence-corrected chi connectivity index (χ1v) is 8.30. The fourth-order valence-electron chi connectivity index (χ4n) is 1.93. The van der Waals surface area contributed by atoms with Gasteiger partial charge in [0, 0.05) is 36.1 Å². The number of benzene rings is 1. The van der Waals surface area contributed by atoms with E-state index in [9.17, 15) is 8.42 Å². The highest BCUT2D eigenvalue weighted by Crippen LogP contribution is 2.25. The molecule has 0 aliphatic rings. The Morgan fingerprint density at radius 2 is 2.19 bits per heavy atom. The smallest absolute Gasteiger partial charge is 0.240 e. The molecule has 114 valence electrons. The number of hydrogen-bond donors (Lipinski definition) is 3. The van der Waals surface area contributed by atoms with E-state index in [0.717, 1.165) is 5.82 Å². The minimum Gasteiger partial charge on any atom is -0.398 e. The monoisotopic (exact) mass is 328 g/mol. The van der Waals surface area contributed by atoms with E-state index in [2.05, 4.69) is 14.7 Å². The molecule has 0 aliphatic carbocycles. The average molecular weight is 329 g/mol. The molecule has 0 amide bonds. The van der Waals surface area contributed by atoms with Crippen molar-refractivity contribution in [2.45, 2.75) is 24.7 Å². The SMILES string of the molecule is Cc1c(N)cc(Cl)cc1S(=O)(=O)NCCCc1ncc[nH]1. The zero-order valence-corrected chi connectivity index (χ0v) is 13.1. The summed E-state index contributed by atoms with van der Waals surface area (Å²) in [4.78, 5) is 7.16. The average Bonchev–Trinajstić information content (AvgIpc) is 2.92. The molecule has 0 atom stereocenters. The Morgan fingerprint density at radius 1 is 1.43 bits per heavy atom. The summed E-state index contributed by atoms with van der Waals surface area (Å²) in [7, 11) is -3.62. The van der Waals surface area contributed by atoms with Crippen LogP contribution < -0.4 is 10.5 Å². The summed E-state index contributed by atoms with van der Waals surface area (Å²) < 4.78 is 27.1. The quantitative estimate of drug-likeness (QED) is 0.556. The molecule has 0 radical (unpaired) electrons. The molecular weight excluding hydrogens is 312 g/mol. The molecule has 0 bridgehead atoms. The van der Waals surface area contributed by atoms with E-state index in [1.807, 2.05) is 0 Å². The number of rotatable bonds is 6. The number of imidazole rings is 1. The van der Waals surface area contributed by atoms with E-state index >= 15 is 0 Å². The van der Waals surface area contributed by atoms with E-state index in [1.165, 1.54) is 12.1 Å². The number of hydrogen-bond acceptors (Lipinski definition) is 4. The summed E-state index contributed by atoms with van der Waals surface area (Å²) in [5, 5.41) is 0.300. The molecule has 1 aromatic heterocycles. The first-order chi connectivity index (χ1) is 9.90. The lowest BCUT2D eigenvalue weighted by Crippen LogP contribution is -2.26. The molecule has 2 aromatic rings. The molecule has 0 unspecified atom stereocenters. The summed E-state index contributed by atoms with van der Waals surface area (Å²) >= 11 is 5.87. The van der Waals surface area contributed by atoms with Crippen LogP contribution in [0.15, 0.2) is 29.4 Å². The number of aryl methyl sites for hydroxylation is 1. The number of H-pyrrole nitrogens is 1.